The van der Waals surface area contributed by atoms with Crippen LogP contribution in [-0.4, -0.2) is 31.2 Å². The zero-order valence-corrected chi connectivity index (χ0v) is 11.2. The van der Waals surface area contributed by atoms with Gasteiger partial charge in [-0.25, -0.2) is 17.5 Å². The molecular formula is C12H17FN2O3S. The Morgan fingerprint density at radius 2 is 2.11 bits per heavy atom. The number of halogens is 1. The van der Waals surface area contributed by atoms with E-state index in [4.69, 9.17) is 0 Å². The molecule has 106 valence electrons. The first kappa shape index (κ1) is 14.4. The number of hydrogen-bond donors (Lipinski definition) is 2. The molecule has 0 amide bonds. The fraction of sp³-hybridized carbons (Fsp3) is 0.583. The first-order valence-corrected chi connectivity index (χ1v) is 7.75. The van der Waals surface area contributed by atoms with Crippen LogP contribution in [0.15, 0.2) is 23.4 Å². The molecule has 2 unspecified atom stereocenters. The lowest BCUT2D eigenvalue weighted by Crippen LogP contribution is -2.43. The van der Waals surface area contributed by atoms with Gasteiger partial charge >= 0.3 is 0 Å². The van der Waals surface area contributed by atoms with Crippen molar-refractivity contribution in [2.24, 2.45) is 5.92 Å². The van der Waals surface area contributed by atoms with Gasteiger partial charge in [0.1, 0.15) is 10.7 Å². The lowest BCUT2D eigenvalue weighted by molar-refractivity contribution is 0.164. The topological polar surface area (TPSA) is 79.3 Å². The highest BCUT2D eigenvalue weighted by molar-refractivity contribution is 7.89. The number of pyridine rings is 1. The van der Waals surface area contributed by atoms with Crippen molar-refractivity contribution in [3.63, 3.8) is 0 Å². The summed E-state index contributed by atoms with van der Waals surface area (Å²) >= 11 is 0. The van der Waals surface area contributed by atoms with E-state index >= 15 is 0 Å². The summed E-state index contributed by atoms with van der Waals surface area (Å²) in [7, 11) is -3.79. The van der Waals surface area contributed by atoms with Gasteiger partial charge in [-0.15, -0.1) is 0 Å². The summed E-state index contributed by atoms with van der Waals surface area (Å²) in [5.41, 5.74) is 0. The van der Waals surface area contributed by atoms with Crippen molar-refractivity contribution in [3.8, 4) is 0 Å². The summed E-state index contributed by atoms with van der Waals surface area (Å²) in [6, 6.07) is 0.638. The van der Waals surface area contributed by atoms with Crippen molar-refractivity contribution in [1.29, 1.82) is 0 Å². The van der Waals surface area contributed by atoms with Gasteiger partial charge in [0.25, 0.3) is 0 Å². The van der Waals surface area contributed by atoms with Gasteiger partial charge in [0.05, 0.1) is 6.20 Å². The number of sulfonamides is 1. The van der Waals surface area contributed by atoms with Gasteiger partial charge in [-0.3, -0.25) is 4.98 Å². The van der Waals surface area contributed by atoms with E-state index in [1.807, 2.05) is 0 Å². The van der Waals surface area contributed by atoms with Crippen LogP contribution in [0.1, 0.15) is 25.7 Å². The maximum absolute atomic E-state index is 13.0. The van der Waals surface area contributed by atoms with Crippen molar-refractivity contribution in [2.45, 2.75) is 36.6 Å². The first-order valence-electron chi connectivity index (χ1n) is 6.26. The van der Waals surface area contributed by atoms with Gasteiger partial charge in [-0.05, 0) is 24.8 Å². The SMILES string of the molecule is O=S(=O)(NC1CCCCC1CO)c1cncc(F)c1. The largest absolute Gasteiger partial charge is 0.396 e. The molecule has 1 aromatic rings. The zero-order valence-electron chi connectivity index (χ0n) is 10.4. The lowest BCUT2D eigenvalue weighted by Gasteiger charge is -2.30. The standard InChI is InChI=1S/C12H17FN2O3S/c13-10-5-11(7-14-6-10)19(17,18)15-12-4-2-1-3-9(12)8-16/h5-7,9,12,15-16H,1-4,8H2. The van der Waals surface area contributed by atoms with Crippen LogP contribution >= 0.6 is 0 Å². The number of aromatic nitrogens is 1. The van der Waals surface area contributed by atoms with Crippen LogP contribution in [0, 0.1) is 11.7 Å². The molecule has 0 radical (unpaired) electrons. The molecule has 2 atom stereocenters. The molecule has 0 saturated heterocycles. The Bertz CT molecular complexity index is 536. The number of aliphatic hydroxyl groups is 1. The van der Waals surface area contributed by atoms with E-state index in [-0.39, 0.29) is 23.5 Å². The Morgan fingerprint density at radius 1 is 1.37 bits per heavy atom. The van der Waals surface area contributed by atoms with Crippen LogP contribution in [-0.2, 0) is 10.0 Å². The molecule has 0 aliphatic heterocycles. The number of nitrogens with zero attached hydrogens (tertiary/aromatic N) is 1. The third-order valence-corrected chi connectivity index (χ3v) is 4.90. The highest BCUT2D eigenvalue weighted by Crippen LogP contribution is 2.25. The number of aliphatic hydroxyl groups excluding tert-OH is 1. The molecule has 2 rings (SSSR count). The average Bonchev–Trinajstić information content (AvgIpc) is 2.39. The minimum Gasteiger partial charge on any atom is -0.396 e. The molecule has 1 fully saturated rings. The predicted molar refractivity (Wildman–Crippen MR) is 67.3 cm³/mol. The first-order chi connectivity index (χ1) is 9.03. The third-order valence-electron chi connectivity index (χ3n) is 3.44. The van der Waals surface area contributed by atoms with Crippen molar-refractivity contribution < 1.29 is 17.9 Å². The minimum atomic E-state index is -3.79. The number of rotatable bonds is 4. The average molecular weight is 288 g/mol. The summed E-state index contributed by atoms with van der Waals surface area (Å²) in [5.74, 6) is -0.768. The van der Waals surface area contributed by atoms with Crippen LogP contribution in [0.25, 0.3) is 0 Å². The van der Waals surface area contributed by atoms with Crippen molar-refractivity contribution in [1.82, 2.24) is 9.71 Å². The zero-order chi connectivity index (χ0) is 13.9. The second kappa shape index (κ2) is 5.94. The van der Waals surface area contributed by atoms with Crippen molar-refractivity contribution >= 4 is 10.0 Å². The molecule has 1 aromatic heterocycles. The van der Waals surface area contributed by atoms with Gasteiger partial charge in [0, 0.05) is 18.8 Å². The van der Waals surface area contributed by atoms with E-state index in [9.17, 15) is 17.9 Å². The van der Waals surface area contributed by atoms with E-state index < -0.39 is 15.8 Å². The van der Waals surface area contributed by atoms with E-state index in [0.29, 0.717) is 6.42 Å². The van der Waals surface area contributed by atoms with Gasteiger partial charge in [-0.1, -0.05) is 12.8 Å². The molecular weight excluding hydrogens is 271 g/mol. The lowest BCUT2D eigenvalue weighted by atomic mass is 9.86. The van der Waals surface area contributed by atoms with Crippen LogP contribution < -0.4 is 4.72 Å². The third kappa shape index (κ3) is 3.49. The minimum absolute atomic E-state index is 0.0470. The second-order valence-corrected chi connectivity index (χ2v) is 6.51. The van der Waals surface area contributed by atoms with Crippen molar-refractivity contribution in [2.75, 3.05) is 6.61 Å². The predicted octanol–water partition coefficient (Wildman–Crippen LogP) is 1.05. The Balaban J connectivity index is 2.16. The molecule has 0 spiro atoms. The summed E-state index contributed by atoms with van der Waals surface area (Å²) in [6.07, 6.45) is 5.46. The smallest absolute Gasteiger partial charge is 0.242 e. The Hall–Kier alpha value is -1.05. The Labute approximate surface area is 111 Å². The molecule has 1 heterocycles. The molecule has 2 N–H and O–H groups in total. The quantitative estimate of drug-likeness (QED) is 0.868. The molecule has 1 saturated carbocycles. The molecule has 5 nitrogen and oxygen atoms in total. The molecule has 1 aliphatic carbocycles. The maximum atomic E-state index is 13.0. The van der Waals surface area contributed by atoms with E-state index in [0.717, 1.165) is 37.7 Å². The van der Waals surface area contributed by atoms with Crippen molar-refractivity contribution in [3.05, 3.63) is 24.3 Å². The molecule has 0 bridgehead atoms. The number of nitrogens with one attached hydrogen (secondary N) is 1. The fourth-order valence-electron chi connectivity index (χ4n) is 2.39. The summed E-state index contributed by atoms with van der Waals surface area (Å²) in [5, 5.41) is 9.27. The van der Waals surface area contributed by atoms with E-state index in [1.54, 1.807) is 0 Å². The van der Waals surface area contributed by atoms with Gasteiger partial charge in [0.2, 0.25) is 10.0 Å². The highest BCUT2D eigenvalue weighted by atomic mass is 32.2. The monoisotopic (exact) mass is 288 g/mol. The van der Waals surface area contributed by atoms with Crippen LogP contribution in [0.3, 0.4) is 0 Å². The second-order valence-electron chi connectivity index (χ2n) is 4.79. The van der Waals surface area contributed by atoms with Crippen LogP contribution in [0.5, 0.6) is 0 Å². The highest BCUT2D eigenvalue weighted by Gasteiger charge is 2.29. The number of hydrogen-bond acceptors (Lipinski definition) is 4. The normalized spacial score (nSPS) is 24.3. The maximum Gasteiger partial charge on any atom is 0.242 e. The Kier molecular flexibility index (Phi) is 4.49. The van der Waals surface area contributed by atoms with E-state index in [1.165, 1.54) is 0 Å². The summed E-state index contributed by atoms with van der Waals surface area (Å²) in [4.78, 5) is 3.35. The summed E-state index contributed by atoms with van der Waals surface area (Å²) in [6.45, 7) is -0.0470. The molecule has 7 heteroatoms. The fourth-order valence-corrected chi connectivity index (χ4v) is 3.70. The van der Waals surface area contributed by atoms with Gasteiger partial charge in [0.15, 0.2) is 0 Å². The summed E-state index contributed by atoms with van der Waals surface area (Å²) < 4.78 is 39.8. The van der Waals surface area contributed by atoms with Crippen LogP contribution in [0.2, 0.25) is 0 Å². The molecule has 19 heavy (non-hydrogen) atoms. The molecule has 0 aromatic carbocycles. The van der Waals surface area contributed by atoms with Gasteiger partial charge in [-0.2, -0.15) is 0 Å². The molecule has 1 aliphatic rings. The van der Waals surface area contributed by atoms with Crippen LogP contribution in [0.4, 0.5) is 4.39 Å². The van der Waals surface area contributed by atoms with E-state index in [2.05, 4.69) is 9.71 Å². The Morgan fingerprint density at radius 3 is 2.79 bits per heavy atom. The van der Waals surface area contributed by atoms with Gasteiger partial charge < -0.3 is 5.11 Å².